The van der Waals surface area contributed by atoms with Crippen LogP contribution in [0.4, 0.5) is 0 Å². The highest BCUT2D eigenvalue weighted by atomic mass is 32.2. The van der Waals surface area contributed by atoms with E-state index in [-0.39, 0.29) is 10.7 Å². The van der Waals surface area contributed by atoms with Crippen molar-refractivity contribution in [2.45, 2.75) is 34.3 Å². The van der Waals surface area contributed by atoms with Crippen molar-refractivity contribution < 1.29 is 4.79 Å². The second-order valence-corrected chi connectivity index (χ2v) is 7.37. The topological polar surface area (TPSA) is 30.0 Å². The van der Waals surface area contributed by atoms with Crippen molar-refractivity contribution in [1.29, 1.82) is 0 Å². The third-order valence-corrected chi connectivity index (χ3v) is 6.45. The van der Waals surface area contributed by atoms with Crippen molar-refractivity contribution in [1.82, 2.24) is 4.98 Å². The maximum atomic E-state index is 12.1. The van der Waals surface area contributed by atoms with E-state index in [0.29, 0.717) is 0 Å². The molecule has 0 amide bonds. The Kier molecular flexibility index (Phi) is 2.40. The molecule has 2 heterocycles. The number of rotatable bonds is 2. The number of aldehydes is 1. The summed E-state index contributed by atoms with van der Waals surface area (Å²) in [6.45, 7) is 2.21. The molecule has 3 atom stereocenters. The minimum atomic E-state index is -0.414. The second-order valence-electron chi connectivity index (χ2n) is 5.83. The summed E-state index contributed by atoms with van der Waals surface area (Å²) < 4.78 is -0.0272. The molecule has 1 aromatic carbocycles. The number of pyridine rings is 1. The molecule has 1 fully saturated rings. The second kappa shape index (κ2) is 3.95. The van der Waals surface area contributed by atoms with Crippen LogP contribution in [-0.2, 0) is 10.2 Å². The average Bonchev–Trinajstić information content (AvgIpc) is 2.66. The van der Waals surface area contributed by atoms with Gasteiger partial charge in [0.2, 0.25) is 0 Å². The standard InChI is InChI=1S/C17H15NOS/c1-16-10-13(14-7-4-5-9-18-14)17(16,11-19)12-6-2-3-8-15(12)20-16/h2-9,11,13H,10H2,1H3/t13-,16+,17-/m1/s1. The molecule has 0 unspecified atom stereocenters. The Morgan fingerprint density at radius 2 is 2.05 bits per heavy atom. The predicted molar refractivity (Wildman–Crippen MR) is 80.0 cm³/mol. The molecule has 2 aliphatic rings. The largest absolute Gasteiger partial charge is 0.302 e. The monoisotopic (exact) mass is 281 g/mol. The molecule has 0 N–H and O–H groups in total. The number of benzene rings is 1. The van der Waals surface area contributed by atoms with Crippen LogP contribution in [0, 0.1) is 0 Å². The number of carbonyl (C=O) groups excluding carboxylic acids is 1. The van der Waals surface area contributed by atoms with Crippen molar-refractivity contribution in [2.75, 3.05) is 0 Å². The zero-order chi connectivity index (χ0) is 13.8. The van der Waals surface area contributed by atoms with Crippen molar-refractivity contribution in [3.05, 3.63) is 59.9 Å². The molecular weight excluding hydrogens is 266 g/mol. The highest BCUT2D eigenvalue weighted by molar-refractivity contribution is 8.01. The van der Waals surface area contributed by atoms with E-state index in [0.717, 1.165) is 12.1 Å². The lowest BCUT2D eigenvalue weighted by Gasteiger charge is -2.56. The Labute approximate surface area is 122 Å². The summed E-state index contributed by atoms with van der Waals surface area (Å²) >= 11 is 1.85. The third-order valence-electron chi connectivity index (χ3n) is 4.92. The van der Waals surface area contributed by atoms with Crippen LogP contribution in [0.3, 0.4) is 0 Å². The molecule has 2 aromatic rings. The fourth-order valence-electron chi connectivity index (χ4n) is 3.89. The number of carbonyl (C=O) groups is 1. The lowest BCUT2D eigenvalue weighted by atomic mass is 9.50. The molecule has 0 saturated heterocycles. The van der Waals surface area contributed by atoms with E-state index in [1.165, 1.54) is 16.7 Å². The quantitative estimate of drug-likeness (QED) is 0.788. The highest BCUT2D eigenvalue weighted by Crippen LogP contribution is 2.71. The normalized spacial score (nSPS) is 34.0. The summed E-state index contributed by atoms with van der Waals surface area (Å²) in [6, 6.07) is 14.3. The molecule has 1 aliphatic carbocycles. The van der Waals surface area contributed by atoms with E-state index >= 15 is 0 Å². The van der Waals surface area contributed by atoms with Gasteiger partial charge in [-0.1, -0.05) is 24.3 Å². The molecule has 4 rings (SSSR count). The molecule has 1 aliphatic heterocycles. The van der Waals surface area contributed by atoms with Crippen LogP contribution in [-0.4, -0.2) is 16.0 Å². The van der Waals surface area contributed by atoms with Crippen LogP contribution in [0.15, 0.2) is 53.6 Å². The van der Waals surface area contributed by atoms with Crippen LogP contribution in [0.5, 0.6) is 0 Å². The molecular formula is C17H15NOS. The van der Waals surface area contributed by atoms with Crippen molar-refractivity contribution >= 4 is 18.0 Å². The maximum Gasteiger partial charge on any atom is 0.132 e. The Hall–Kier alpha value is -1.61. The number of hydrogen-bond donors (Lipinski definition) is 0. The molecule has 20 heavy (non-hydrogen) atoms. The van der Waals surface area contributed by atoms with Gasteiger partial charge in [0.15, 0.2) is 0 Å². The van der Waals surface area contributed by atoms with Gasteiger partial charge in [0, 0.05) is 27.5 Å². The van der Waals surface area contributed by atoms with Gasteiger partial charge in [0.25, 0.3) is 0 Å². The van der Waals surface area contributed by atoms with E-state index in [1.54, 1.807) is 0 Å². The maximum absolute atomic E-state index is 12.1. The number of aromatic nitrogens is 1. The number of thioether (sulfide) groups is 1. The van der Waals surface area contributed by atoms with Crippen LogP contribution < -0.4 is 0 Å². The Bertz CT molecular complexity index is 686. The van der Waals surface area contributed by atoms with Gasteiger partial charge in [0.1, 0.15) is 6.29 Å². The lowest BCUT2D eigenvalue weighted by Crippen LogP contribution is -2.60. The fraction of sp³-hybridized carbons (Fsp3) is 0.294. The summed E-state index contributed by atoms with van der Waals surface area (Å²) in [4.78, 5) is 17.8. The summed E-state index contributed by atoms with van der Waals surface area (Å²) in [5.41, 5.74) is 1.81. The highest BCUT2D eigenvalue weighted by Gasteiger charge is 2.69. The minimum Gasteiger partial charge on any atom is -0.302 e. The zero-order valence-electron chi connectivity index (χ0n) is 11.2. The van der Waals surface area contributed by atoms with Gasteiger partial charge in [-0.2, -0.15) is 0 Å². The smallest absolute Gasteiger partial charge is 0.132 e. The van der Waals surface area contributed by atoms with Crippen LogP contribution in [0.2, 0.25) is 0 Å². The van der Waals surface area contributed by atoms with Crippen LogP contribution in [0.1, 0.15) is 30.5 Å². The molecule has 1 saturated carbocycles. The first kappa shape index (κ1) is 12.2. The predicted octanol–water partition coefficient (Wildman–Crippen LogP) is 3.57. The van der Waals surface area contributed by atoms with E-state index < -0.39 is 5.41 Å². The average molecular weight is 281 g/mol. The molecule has 0 bridgehead atoms. The van der Waals surface area contributed by atoms with Crippen LogP contribution in [0.25, 0.3) is 0 Å². The Morgan fingerprint density at radius 3 is 2.80 bits per heavy atom. The fourth-order valence-corrected chi connectivity index (χ4v) is 5.58. The molecule has 3 heteroatoms. The first-order valence-electron chi connectivity index (χ1n) is 6.87. The molecule has 2 nitrogen and oxygen atoms in total. The van der Waals surface area contributed by atoms with E-state index in [4.69, 9.17) is 0 Å². The van der Waals surface area contributed by atoms with Gasteiger partial charge >= 0.3 is 0 Å². The molecule has 100 valence electrons. The molecule has 0 radical (unpaired) electrons. The number of fused-ring (bicyclic) bond motifs is 3. The third kappa shape index (κ3) is 1.27. The van der Waals surface area contributed by atoms with Gasteiger partial charge in [-0.25, -0.2) is 0 Å². The van der Waals surface area contributed by atoms with E-state index in [2.05, 4.69) is 24.0 Å². The molecule has 0 spiro atoms. The molecule has 1 aromatic heterocycles. The number of hydrogen-bond acceptors (Lipinski definition) is 3. The lowest BCUT2D eigenvalue weighted by molar-refractivity contribution is -0.118. The van der Waals surface area contributed by atoms with Gasteiger partial charge in [-0.05, 0) is 37.1 Å². The zero-order valence-corrected chi connectivity index (χ0v) is 12.1. The SMILES string of the molecule is C[C@]12C[C@H](c3ccccn3)[C@@]1(C=O)c1ccccc1S2. The summed E-state index contributed by atoms with van der Waals surface area (Å²) in [5, 5.41) is 0. The Morgan fingerprint density at radius 1 is 1.25 bits per heavy atom. The van der Waals surface area contributed by atoms with Crippen molar-refractivity contribution in [3.8, 4) is 0 Å². The van der Waals surface area contributed by atoms with Gasteiger partial charge in [-0.3, -0.25) is 4.98 Å². The van der Waals surface area contributed by atoms with Gasteiger partial charge < -0.3 is 4.79 Å². The number of nitrogens with zero attached hydrogens (tertiary/aromatic N) is 1. The Balaban J connectivity index is 1.90. The summed E-state index contributed by atoms with van der Waals surface area (Å²) in [7, 11) is 0. The first-order valence-corrected chi connectivity index (χ1v) is 7.69. The van der Waals surface area contributed by atoms with E-state index in [1.807, 2.05) is 48.3 Å². The van der Waals surface area contributed by atoms with Crippen molar-refractivity contribution in [3.63, 3.8) is 0 Å². The van der Waals surface area contributed by atoms with E-state index in [9.17, 15) is 4.79 Å². The summed E-state index contributed by atoms with van der Waals surface area (Å²) in [5.74, 6) is 0.197. The minimum absolute atomic E-state index is 0.0272. The van der Waals surface area contributed by atoms with Gasteiger partial charge in [-0.15, -0.1) is 11.8 Å². The van der Waals surface area contributed by atoms with Crippen LogP contribution >= 0.6 is 11.8 Å². The van der Waals surface area contributed by atoms with Gasteiger partial charge in [0.05, 0.1) is 5.41 Å². The first-order chi connectivity index (χ1) is 9.71. The summed E-state index contributed by atoms with van der Waals surface area (Å²) in [6.07, 6.45) is 3.99. The van der Waals surface area contributed by atoms with Crippen molar-refractivity contribution in [2.24, 2.45) is 0 Å².